The number of ether oxygens (including phenoxy) is 1. The predicted molar refractivity (Wildman–Crippen MR) is 96.5 cm³/mol. The van der Waals surface area contributed by atoms with E-state index in [1.807, 2.05) is 62.4 Å². The summed E-state index contributed by atoms with van der Waals surface area (Å²) in [6.45, 7) is 3.91. The minimum atomic E-state index is -0.0581. The van der Waals surface area contributed by atoms with Gasteiger partial charge < -0.3 is 15.8 Å². The molecule has 5 heteroatoms. The van der Waals surface area contributed by atoms with Crippen molar-refractivity contribution in [3.63, 3.8) is 0 Å². The van der Waals surface area contributed by atoms with Gasteiger partial charge in [-0.3, -0.25) is 4.79 Å². The molecule has 4 nitrogen and oxygen atoms in total. The molecular formula is C18H23ClN2O2. The van der Waals surface area contributed by atoms with Crippen molar-refractivity contribution in [2.45, 2.75) is 32.7 Å². The molecule has 1 unspecified atom stereocenters. The van der Waals surface area contributed by atoms with Gasteiger partial charge in [-0.15, -0.1) is 12.4 Å². The van der Waals surface area contributed by atoms with E-state index in [4.69, 9.17) is 10.5 Å². The van der Waals surface area contributed by atoms with Crippen molar-refractivity contribution in [2.75, 3.05) is 5.32 Å². The molecule has 3 N–H and O–H groups in total. The third-order valence-corrected chi connectivity index (χ3v) is 3.24. The quantitative estimate of drug-likeness (QED) is 0.828. The van der Waals surface area contributed by atoms with Gasteiger partial charge in [-0.2, -0.15) is 0 Å². The van der Waals surface area contributed by atoms with E-state index in [1.54, 1.807) is 0 Å². The zero-order chi connectivity index (χ0) is 15.9. The molecule has 0 radical (unpaired) electrons. The van der Waals surface area contributed by atoms with E-state index in [9.17, 15) is 4.79 Å². The van der Waals surface area contributed by atoms with Crippen molar-refractivity contribution < 1.29 is 9.53 Å². The first kappa shape index (κ1) is 19.0. The lowest BCUT2D eigenvalue weighted by atomic mass is 10.2. The number of halogens is 1. The number of anilines is 1. The van der Waals surface area contributed by atoms with Crippen LogP contribution in [0.15, 0.2) is 48.5 Å². The molecule has 0 aliphatic heterocycles. The summed E-state index contributed by atoms with van der Waals surface area (Å²) in [6, 6.07) is 15.2. The molecule has 2 aromatic carbocycles. The maximum Gasteiger partial charge on any atom is 0.224 e. The Bertz CT molecular complexity index is 627. The second-order valence-electron chi connectivity index (χ2n) is 5.48. The first-order chi connectivity index (χ1) is 10.5. The molecule has 0 aromatic heterocycles. The number of benzene rings is 2. The van der Waals surface area contributed by atoms with Crippen LogP contribution in [0.5, 0.6) is 11.5 Å². The minimum Gasteiger partial charge on any atom is -0.455 e. The van der Waals surface area contributed by atoms with Crippen LogP contribution in [0.4, 0.5) is 5.69 Å². The Morgan fingerprint density at radius 3 is 2.48 bits per heavy atom. The Hall–Kier alpha value is -2.04. The Labute approximate surface area is 143 Å². The van der Waals surface area contributed by atoms with Gasteiger partial charge in [0.15, 0.2) is 5.75 Å². The molecule has 0 spiro atoms. The van der Waals surface area contributed by atoms with Crippen molar-refractivity contribution in [1.82, 2.24) is 0 Å². The van der Waals surface area contributed by atoms with Gasteiger partial charge in [0.05, 0.1) is 5.69 Å². The van der Waals surface area contributed by atoms with Gasteiger partial charge in [-0.05, 0) is 44.5 Å². The third-order valence-electron chi connectivity index (χ3n) is 3.24. The second kappa shape index (κ2) is 9.18. The van der Waals surface area contributed by atoms with Gasteiger partial charge >= 0.3 is 0 Å². The van der Waals surface area contributed by atoms with Crippen LogP contribution in [-0.2, 0) is 4.79 Å². The molecular weight excluding hydrogens is 312 g/mol. The van der Waals surface area contributed by atoms with Crippen molar-refractivity contribution in [2.24, 2.45) is 5.73 Å². The van der Waals surface area contributed by atoms with Crippen molar-refractivity contribution >= 4 is 24.0 Å². The standard InChI is InChI=1S/C18H22N2O2.ClH/c1-13-7-10-15(11-8-13)22-17-6-4-3-5-16(17)20-18(21)12-9-14(2)19;/h3-8,10-11,14H,9,12,19H2,1-2H3,(H,20,21);1H. The van der Waals surface area contributed by atoms with Crippen LogP contribution in [0.1, 0.15) is 25.3 Å². The maximum absolute atomic E-state index is 11.9. The molecule has 0 bridgehead atoms. The molecule has 0 heterocycles. The molecule has 124 valence electrons. The molecule has 23 heavy (non-hydrogen) atoms. The molecule has 1 atom stereocenters. The van der Waals surface area contributed by atoms with Crippen molar-refractivity contribution in [1.29, 1.82) is 0 Å². The molecule has 0 saturated carbocycles. The number of carbonyl (C=O) groups is 1. The monoisotopic (exact) mass is 334 g/mol. The van der Waals surface area contributed by atoms with Gasteiger partial charge in [0.25, 0.3) is 0 Å². The van der Waals surface area contributed by atoms with Crippen LogP contribution in [0.3, 0.4) is 0 Å². The Balaban J connectivity index is 0.00000264. The zero-order valence-electron chi connectivity index (χ0n) is 13.4. The number of rotatable bonds is 6. The van der Waals surface area contributed by atoms with Gasteiger partial charge in [0, 0.05) is 12.5 Å². The van der Waals surface area contributed by atoms with E-state index in [1.165, 1.54) is 5.56 Å². The number of para-hydroxylation sites is 2. The van der Waals surface area contributed by atoms with Crippen LogP contribution in [0.2, 0.25) is 0 Å². The lowest BCUT2D eigenvalue weighted by molar-refractivity contribution is -0.116. The molecule has 2 aromatic rings. The predicted octanol–water partition coefficient (Wildman–Crippen LogP) is 4.28. The van der Waals surface area contributed by atoms with E-state index >= 15 is 0 Å². The van der Waals surface area contributed by atoms with E-state index in [-0.39, 0.29) is 24.4 Å². The molecule has 1 amide bonds. The maximum atomic E-state index is 11.9. The van der Waals surface area contributed by atoms with Gasteiger partial charge in [0.2, 0.25) is 5.91 Å². The lowest BCUT2D eigenvalue weighted by Crippen LogP contribution is -2.19. The number of nitrogens with one attached hydrogen (secondary N) is 1. The number of amides is 1. The van der Waals surface area contributed by atoms with Crippen LogP contribution >= 0.6 is 12.4 Å². The SMILES string of the molecule is Cc1ccc(Oc2ccccc2NC(=O)CCC(C)N)cc1.Cl. The number of aryl methyl sites for hydroxylation is 1. The minimum absolute atomic E-state index is 0. The normalized spacial score (nSPS) is 11.3. The number of nitrogens with two attached hydrogens (primary N) is 1. The van der Waals surface area contributed by atoms with E-state index in [0.717, 1.165) is 5.75 Å². The lowest BCUT2D eigenvalue weighted by Gasteiger charge is -2.12. The molecule has 2 rings (SSSR count). The van der Waals surface area contributed by atoms with Crippen LogP contribution in [-0.4, -0.2) is 11.9 Å². The summed E-state index contributed by atoms with van der Waals surface area (Å²) < 4.78 is 5.85. The number of carbonyl (C=O) groups excluding carboxylic acids is 1. The van der Waals surface area contributed by atoms with E-state index < -0.39 is 0 Å². The summed E-state index contributed by atoms with van der Waals surface area (Å²) in [5.74, 6) is 1.31. The Morgan fingerprint density at radius 2 is 1.83 bits per heavy atom. The Kier molecular flexibility index (Phi) is 7.59. The third kappa shape index (κ3) is 6.30. The summed E-state index contributed by atoms with van der Waals surface area (Å²) in [5, 5.41) is 2.88. The topological polar surface area (TPSA) is 64.3 Å². The fraction of sp³-hybridized carbons (Fsp3) is 0.278. The van der Waals surface area contributed by atoms with Crippen LogP contribution < -0.4 is 15.8 Å². The molecule has 0 fully saturated rings. The summed E-state index contributed by atoms with van der Waals surface area (Å²) >= 11 is 0. The highest BCUT2D eigenvalue weighted by Gasteiger charge is 2.09. The molecule has 0 aliphatic carbocycles. The van der Waals surface area contributed by atoms with E-state index in [0.29, 0.717) is 24.3 Å². The summed E-state index contributed by atoms with van der Waals surface area (Å²) in [5.41, 5.74) is 7.51. The van der Waals surface area contributed by atoms with Crippen molar-refractivity contribution in [3.8, 4) is 11.5 Å². The molecule has 0 aliphatic rings. The molecule has 0 saturated heterocycles. The van der Waals surface area contributed by atoms with E-state index in [2.05, 4.69) is 5.32 Å². The summed E-state index contributed by atoms with van der Waals surface area (Å²) in [7, 11) is 0. The first-order valence-electron chi connectivity index (χ1n) is 7.43. The van der Waals surface area contributed by atoms with Crippen molar-refractivity contribution in [3.05, 3.63) is 54.1 Å². The average Bonchev–Trinajstić information content (AvgIpc) is 2.49. The first-order valence-corrected chi connectivity index (χ1v) is 7.43. The summed E-state index contributed by atoms with van der Waals surface area (Å²) in [6.07, 6.45) is 1.06. The fourth-order valence-electron chi connectivity index (χ4n) is 1.96. The smallest absolute Gasteiger partial charge is 0.224 e. The highest BCUT2D eigenvalue weighted by molar-refractivity contribution is 5.92. The van der Waals surface area contributed by atoms with Gasteiger partial charge in [-0.25, -0.2) is 0 Å². The number of hydrogen-bond donors (Lipinski definition) is 2. The van der Waals surface area contributed by atoms with Crippen LogP contribution in [0, 0.1) is 6.92 Å². The van der Waals surface area contributed by atoms with Gasteiger partial charge in [0.1, 0.15) is 5.75 Å². The summed E-state index contributed by atoms with van der Waals surface area (Å²) in [4.78, 5) is 11.9. The van der Waals surface area contributed by atoms with Crippen LogP contribution in [0.25, 0.3) is 0 Å². The fourth-order valence-corrected chi connectivity index (χ4v) is 1.96. The Morgan fingerprint density at radius 1 is 1.17 bits per heavy atom. The van der Waals surface area contributed by atoms with Gasteiger partial charge in [-0.1, -0.05) is 29.8 Å². The largest absolute Gasteiger partial charge is 0.455 e. The highest BCUT2D eigenvalue weighted by Crippen LogP contribution is 2.29. The second-order valence-corrected chi connectivity index (χ2v) is 5.48. The zero-order valence-corrected chi connectivity index (χ0v) is 14.2. The highest BCUT2D eigenvalue weighted by atomic mass is 35.5. The average molecular weight is 335 g/mol. The number of hydrogen-bond acceptors (Lipinski definition) is 3.